The second-order valence-corrected chi connectivity index (χ2v) is 8.50. The molecule has 1 fully saturated rings. The van der Waals surface area contributed by atoms with Crippen molar-refractivity contribution in [2.45, 2.75) is 13.5 Å². The van der Waals surface area contributed by atoms with Gasteiger partial charge in [-0.05, 0) is 59.7 Å². The van der Waals surface area contributed by atoms with Crippen molar-refractivity contribution in [3.05, 3.63) is 98.3 Å². The van der Waals surface area contributed by atoms with Gasteiger partial charge < -0.3 is 4.42 Å². The molecule has 0 unspecified atom stereocenters. The van der Waals surface area contributed by atoms with Crippen LogP contribution in [0.3, 0.4) is 0 Å². The van der Waals surface area contributed by atoms with E-state index in [0.717, 1.165) is 11.1 Å². The fourth-order valence-corrected chi connectivity index (χ4v) is 4.21. The molecule has 2 aromatic carbocycles. The molecule has 156 valence electrons. The molecule has 4 rings (SSSR count). The van der Waals surface area contributed by atoms with Gasteiger partial charge in [0.2, 0.25) is 0 Å². The molecule has 3 aromatic rings. The highest BCUT2D eigenvalue weighted by Gasteiger charge is 2.34. The predicted molar refractivity (Wildman–Crippen MR) is 127 cm³/mol. The second kappa shape index (κ2) is 9.56. The van der Waals surface area contributed by atoms with Gasteiger partial charge in [-0.1, -0.05) is 59.6 Å². The van der Waals surface area contributed by atoms with Crippen molar-refractivity contribution in [3.63, 3.8) is 0 Å². The summed E-state index contributed by atoms with van der Waals surface area (Å²) in [6.45, 7) is 2.25. The van der Waals surface area contributed by atoms with Gasteiger partial charge in [-0.15, -0.1) is 5.10 Å². The lowest BCUT2D eigenvalue weighted by Gasteiger charge is -2.12. The second-order valence-electron chi connectivity index (χ2n) is 6.71. The Labute approximate surface area is 194 Å². The normalized spacial score (nSPS) is 16.9. The summed E-state index contributed by atoms with van der Waals surface area (Å²) in [4.78, 5) is 15.1. The lowest BCUT2D eigenvalue weighted by molar-refractivity contribution is -0.122. The highest BCUT2D eigenvalue weighted by atomic mass is 35.5. The number of nitrogens with zero attached hydrogens (tertiary/aromatic N) is 3. The largest absolute Gasteiger partial charge is 0.467 e. The Morgan fingerprint density at radius 1 is 1.06 bits per heavy atom. The third kappa shape index (κ3) is 4.93. The number of hydrogen-bond acceptors (Lipinski definition) is 5. The molecule has 0 atom stereocenters. The van der Waals surface area contributed by atoms with Gasteiger partial charge in [-0.3, -0.25) is 9.69 Å². The van der Waals surface area contributed by atoms with Crippen molar-refractivity contribution >= 4 is 58.3 Å². The summed E-state index contributed by atoms with van der Waals surface area (Å²) in [6, 6.07) is 16.7. The number of thioether (sulfide) groups is 1. The standard InChI is InChI=1S/C23H17Cl2N3O2S/c1-15-6-2-3-7-17(15)13-26-27-23-28(14-18-9-5-11-30-18)22(29)20(31-23)12-16-8-4-10-19(24)21(16)25/h2-13H,14H2,1H3/b20-12-,26-13-,27-23+. The van der Waals surface area contributed by atoms with Crippen LogP contribution in [0.15, 0.2) is 80.4 Å². The number of hydrogen-bond donors (Lipinski definition) is 0. The molecule has 0 aliphatic carbocycles. The van der Waals surface area contributed by atoms with Crippen LogP contribution in [0, 0.1) is 6.92 Å². The summed E-state index contributed by atoms with van der Waals surface area (Å²) in [6.07, 6.45) is 4.95. The smallest absolute Gasteiger partial charge is 0.267 e. The number of amides is 1. The molecular formula is C23H17Cl2N3O2S. The van der Waals surface area contributed by atoms with Crippen molar-refractivity contribution in [2.24, 2.45) is 10.2 Å². The number of furan rings is 1. The minimum atomic E-state index is -0.206. The molecule has 1 saturated heterocycles. The van der Waals surface area contributed by atoms with E-state index >= 15 is 0 Å². The molecule has 5 nitrogen and oxygen atoms in total. The molecule has 1 amide bonds. The average Bonchev–Trinajstić information content (AvgIpc) is 3.37. The summed E-state index contributed by atoms with van der Waals surface area (Å²) in [5, 5.41) is 9.81. The Balaban J connectivity index is 1.66. The summed E-state index contributed by atoms with van der Waals surface area (Å²) < 4.78 is 5.42. The van der Waals surface area contributed by atoms with Crippen LogP contribution >= 0.6 is 35.0 Å². The van der Waals surface area contributed by atoms with Crippen molar-refractivity contribution in [2.75, 3.05) is 0 Å². The topological polar surface area (TPSA) is 58.2 Å². The van der Waals surface area contributed by atoms with E-state index in [1.807, 2.05) is 37.3 Å². The van der Waals surface area contributed by atoms with Gasteiger partial charge in [0.25, 0.3) is 5.91 Å². The van der Waals surface area contributed by atoms with E-state index in [2.05, 4.69) is 10.2 Å². The molecular weight excluding hydrogens is 453 g/mol. The minimum absolute atomic E-state index is 0.206. The van der Waals surface area contributed by atoms with Gasteiger partial charge in [0.15, 0.2) is 5.17 Å². The van der Waals surface area contributed by atoms with Crippen LogP contribution in [-0.4, -0.2) is 22.2 Å². The summed E-state index contributed by atoms with van der Waals surface area (Å²) in [7, 11) is 0. The van der Waals surface area contributed by atoms with Crippen LogP contribution in [0.4, 0.5) is 0 Å². The maximum Gasteiger partial charge on any atom is 0.267 e. The van der Waals surface area contributed by atoms with Gasteiger partial charge in [-0.25, -0.2) is 0 Å². The molecule has 0 bridgehead atoms. The van der Waals surface area contributed by atoms with Crippen LogP contribution in [0.2, 0.25) is 10.0 Å². The van der Waals surface area contributed by atoms with E-state index in [9.17, 15) is 4.79 Å². The monoisotopic (exact) mass is 469 g/mol. The van der Waals surface area contributed by atoms with Crippen LogP contribution in [0.1, 0.15) is 22.5 Å². The molecule has 1 aliphatic rings. The minimum Gasteiger partial charge on any atom is -0.467 e. The molecule has 1 aromatic heterocycles. The summed E-state index contributed by atoms with van der Waals surface area (Å²) in [5.74, 6) is 0.439. The van der Waals surface area contributed by atoms with Crippen LogP contribution in [0.5, 0.6) is 0 Å². The van der Waals surface area contributed by atoms with E-state index in [0.29, 0.717) is 31.4 Å². The van der Waals surface area contributed by atoms with Gasteiger partial charge in [0.1, 0.15) is 5.76 Å². The van der Waals surface area contributed by atoms with Crippen LogP contribution in [-0.2, 0) is 11.3 Å². The van der Waals surface area contributed by atoms with E-state index in [-0.39, 0.29) is 12.5 Å². The molecule has 0 spiro atoms. The van der Waals surface area contributed by atoms with Crippen molar-refractivity contribution in [1.82, 2.24) is 4.90 Å². The maximum atomic E-state index is 13.1. The molecule has 2 heterocycles. The molecule has 0 radical (unpaired) electrons. The molecule has 0 saturated carbocycles. The first-order valence-electron chi connectivity index (χ1n) is 9.37. The van der Waals surface area contributed by atoms with Gasteiger partial charge in [0.05, 0.1) is 34.0 Å². The summed E-state index contributed by atoms with van der Waals surface area (Å²) >= 11 is 13.6. The van der Waals surface area contributed by atoms with Gasteiger partial charge in [-0.2, -0.15) is 5.10 Å². The molecule has 0 N–H and O–H groups in total. The van der Waals surface area contributed by atoms with Crippen molar-refractivity contribution < 1.29 is 9.21 Å². The quantitative estimate of drug-likeness (QED) is 0.246. The number of halogens is 2. The Morgan fingerprint density at radius 3 is 2.65 bits per heavy atom. The van der Waals surface area contributed by atoms with E-state index < -0.39 is 0 Å². The fraction of sp³-hybridized carbons (Fsp3) is 0.0870. The predicted octanol–water partition coefficient (Wildman–Crippen LogP) is 6.40. The van der Waals surface area contributed by atoms with Gasteiger partial charge in [0, 0.05) is 0 Å². The number of amidine groups is 1. The fourth-order valence-electron chi connectivity index (χ4n) is 2.93. The summed E-state index contributed by atoms with van der Waals surface area (Å²) in [5.41, 5.74) is 2.71. The zero-order chi connectivity index (χ0) is 21.8. The van der Waals surface area contributed by atoms with Gasteiger partial charge >= 0.3 is 0 Å². The Hall–Kier alpha value is -2.80. The Morgan fingerprint density at radius 2 is 1.87 bits per heavy atom. The van der Waals surface area contributed by atoms with Crippen LogP contribution < -0.4 is 0 Å². The Bertz CT molecular complexity index is 1200. The zero-order valence-electron chi connectivity index (χ0n) is 16.5. The van der Waals surface area contributed by atoms with Crippen LogP contribution in [0.25, 0.3) is 6.08 Å². The number of carbonyl (C=O) groups is 1. The highest BCUT2D eigenvalue weighted by molar-refractivity contribution is 8.18. The SMILES string of the molecule is Cc1ccccc1/C=N\N=C1\S/C(=C\c2cccc(Cl)c2Cl)C(=O)N1Cc1ccco1. The third-order valence-corrected chi connectivity index (χ3v) is 6.41. The van der Waals surface area contributed by atoms with Crippen molar-refractivity contribution in [3.8, 4) is 0 Å². The zero-order valence-corrected chi connectivity index (χ0v) is 18.8. The Kier molecular flexibility index (Phi) is 6.61. The van der Waals surface area contributed by atoms with Crippen molar-refractivity contribution in [1.29, 1.82) is 0 Å². The van der Waals surface area contributed by atoms with E-state index in [1.54, 1.807) is 42.8 Å². The third-order valence-electron chi connectivity index (χ3n) is 4.58. The number of aryl methyl sites for hydroxylation is 1. The number of rotatable bonds is 5. The number of benzene rings is 2. The highest BCUT2D eigenvalue weighted by Crippen LogP contribution is 2.36. The van der Waals surface area contributed by atoms with E-state index in [1.165, 1.54) is 16.7 Å². The molecule has 8 heteroatoms. The maximum absolute atomic E-state index is 13.1. The average molecular weight is 470 g/mol. The molecule has 1 aliphatic heterocycles. The first-order valence-corrected chi connectivity index (χ1v) is 10.9. The molecule has 31 heavy (non-hydrogen) atoms. The first kappa shape index (κ1) is 21.4. The number of carbonyl (C=O) groups excluding carboxylic acids is 1. The lowest BCUT2D eigenvalue weighted by Crippen LogP contribution is -2.28. The first-order chi connectivity index (χ1) is 15.0. The lowest BCUT2D eigenvalue weighted by atomic mass is 10.1. The van der Waals surface area contributed by atoms with E-state index in [4.69, 9.17) is 27.6 Å².